The first kappa shape index (κ1) is 38.2. The molecule has 4 nitrogen and oxygen atoms in total. The quantitative estimate of drug-likeness (QED) is 0.160. The normalized spacial score (nSPS) is 11.8. The number of anilines is 3. The molecule has 14 aromatic rings. The SMILES string of the molecule is c1cc(-c2ccc(N(c3ccc(-c4cccc5c4oc4ccccc45)cc3)c3ccc(-c4cccc5ccccc45)c4oc5ccccc5c34)cc2)cc(-c2cccc3c2oc2ccccc23)c1. The van der Waals surface area contributed by atoms with Gasteiger partial charge in [-0.25, -0.2) is 0 Å². The number of rotatable bonds is 7. The van der Waals surface area contributed by atoms with Gasteiger partial charge in [-0.2, -0.15) is 0 Å². The van der Waals surface area contributed by atoms with Crippen LogP contribution in [0, 0.1) is 0 Å². The van der Waals surface area contributed by atoms with Crippen LogP contribution < -0.4 is 4.90 Å². The van der Waals surface area contributed by atoms with Crippen LogP contribution in [0.3, 0.4) is 0 Å². The average molecular weight is 870 g/mol. The first-order valence-electron chi connectivity index (χ1n) is 23.1. The van der Waals surface area contributed by atoms with Crippen molar-refractivity contribution in [3.63, 3.8) is 0 Å². The minimum Gasteiger partial charge on any atom is -0.455 e. The van der Waals surface area contributed by atoms with E-state index >= 15 is 0 Å². The Morgan fingerprint density at radius 3 is 1.41 bits per heavy atom. The molecular weight excluding hydrogens is 831 g/mol. The van der Waals surface area contributed by atoms with E-state index in [0.717, 1.165) is 127 Å². The average Bonchev–Trinajstić information content (AvgIpc) is 4.11. The molecule has 0 fully saturated rings. The molecule has 14 rings (SSSR count). The number of hydrogen-bond donors (Lipinski definition) is 0. The van der Waals surface area contributed by atoms with Crippen molar-refractivity contribution in [1.29, 1.82) is 0 Å². The van der Waals surface area contributed by atoms with Crippen LogP contribution >= 0.6 is 0 Å². The number of nitrogens with zero attached hydrogens (tertiary/aromatic N) is 1. The smallest absolute Gasteiger partial charge is 0.145 e. The molecule has 0 aliphatic heterocycles. The van der Waals surface area contributed by atoms with Gasteiger partial charge in [-0.1, -0.05) is 176 Å². The third-order valence-corrected chi connectivity index (χ3v) is 13.7. The van der Waals surface area contributed by atoms with E-state index in [-0.39, 0.29) is 0 Å². The predicted molar refractivity (Wildman–Crippen MR) is 282 cm³/mol. The molecular formula is C64H39NO3. The van der Waals surface area contributed by atoms with Crippen LogP contribution in [0.15, 0.2) is 250 Å². The van der Waals surface area contributed by atoms with E-state index in [1.165, 1.54) is 10.8 Å². The van der Waals surface area contributed by atoms with E-state index in [9.17, 15) is 0 Å². The standard InChI is InChI=1S/C64H39NO3/c1-2-17-47-41(13-1)14-10-23-50(47)55-37-38-57(61-56-20-5-8-28-60(56)68-64(55)61)65(46-35-31-42(32-36-46)48-21-11-24-53-51-18-3-6-26-58(51)66-62(48)53)45-33-29-40(30-34-45)43-15-9-16-44(39-43)49-22-12-25-54-52-19-4-7-27-59(52)67-63(49)54/h1-39H. The Bertz CT molecular complexity index is 4260. The number of para-hydroxylation sites is 5. The molecule has 0 saturated heterocycles. The summed E-state index contributed by atoms with van der Waals surface area (Å²) in [4.78, 5) is 2.37. The molecule has 4 heteroatoms. The maximum absolute atomic E-state index is 6.92. The summed E-state index contributed by atoms with van der Waals surface area (Å²) >= 11 is 0. The second kappa shape index (κ2) is 15.2. The Morgan fingerprint density at radius 1 is 0.265 bits per heavy atom. The summed E-state index contributed by atoms with van der Waals surface area (Å²) in [7, 11) is 0. The van der Waals surface area contributed by atoms with Crippen LogP contribution in [-0.4, -0.2) is 0 Å². The first-order chi connectivity index (χ1) is 33.7. The molecule has 0 atom stereocenters. The predicted octanol–water partition coefficient (Wildman–Crippen LogP) is 18.7. The van der Waals surface area contributed by atoms with E-state index in [4.69, 9.17) is 13.3 Å². The summed E-state index contributed by atoms with van der Waals surface area (Å²) in [6.07, 6.45) is 0. The molecule has 0 unspecified atom stereocenters. The number of furan rings is 3. The van der Waals surface area contributed by atoms with Crippen LogP contribution in [0.25, 0.3) is 121 Å². The molecule has 0 aliphatic rings. The van der Waals surface area contributed by atoms with Crippen molar-refractivity contribution in [3.8, 4) is 44.5 Å². The molecule has 0 saturated carbocycles. The molecule has 11 aromatic carbocycles. The van der Waals surface area contributed by atoms with Crippen molar-refractivity contribution in [1.82, 2.24) is 0 Å². The summed E-state index contributed by atoms with van der Waals surface area (Å²) in [6.45, 7) is 0. The second-order valence-corrected chi connectivity index (χ2v) is 17.5. The molecule has 0 bridgehead atoms. The molecule has 0 radical (unpaired) electrons. The Balaban J connectivity index is 0.925. The molecule has 0 amide bonds. The number of hydrogen-bond acceptors (Lipinski definition) is 4. The van der Waals surface area contributed by atoms with Crippen molar-refractivity contribution >= 4 is 93.7 Å². The van der Waals surface area contributed by atoms with Gasteiger partial charge in [-0.05, 0) is 99.3 Å². The number of fused-ring (bicyclic) bond motifs is 10. The lowest BCUT2D eigenvalue weighted by Crippen LogP contribution is -2.10. The Labute approximate surface area is 391 Å². The van der Waals surface area contributed by atoms with Gasteiger partial charge in [0.1, 0.15) is 33.5 Å². The highest BCUT2D eigenvalue weighted by molar-refractivity contribution is 6.19. The van der Waals surface area contributed by atoms with Gasteiger partial charge in [0.2, 0.25) is 0 Å². The maximum atomic E-state index is 6.92. The number of benzene rings is 11. The van der Waals surface area contributed by atoms with Gasteiger partial charge >= 0.3 is 0 Å². The van der Waals surface area contributed by atoms with E-state index in [1.54, 1.807) is 0 Å². The Morgan fingerprint density at radius 2 is 0.735 bits per heavy atom. The van der Waals surface area contributed by atoms with Crippen molar-refractivity contribution in [2.75, 3.05) is 4.90 Å². The van der Waals surface area contributed by atoms with E-state index in [0.29, 0.717) is 0 Å². The van der Waals surface area contributed by atoms with Gasteiger partial charge in [0.15, 0.2) is 0 Å². The van der Waals surface area contributed by atoms with Gasteiger partial charge < -0.3 is 18.2 Å². The summed E-state index contributed by atoms with van der Waals surface area (Å²) in [5.41, 5.74) is 17.1. The molecule has 0 spiro atoms. The van der Waals surface area contributed by atoms with E-state index in [1.807, 2.05) is 30.3 Å². The summed E-state index contributed by atoms with van der Waals surface area (Å²) in [5.74, 6) is 0. The highest BCUT2D eigenvalue weighted by atomic mass is 16.3. The molecule has 0 aliphatic carbocycles. The lowest BCUT2D eigenvalue weighted by atomic mass is 9.95. The molecule has 3 heterocycles. The molecule has 318 valence electrons. The van der Waals surface area contributed by atoms with Crippen molar-refractivity contribution in [2.24, 2.45) is 0 Å². The third kappa shape index (κ3) is 6.01. The molecule has 68 heavy (non-hydrogen) atoms. The van der Waals surface area contributed by atoms with Gasteiger partial charge in [0, 0.05) is 55.0 Å². The molecule has 3 aromatic heterocycles. The Kier molecular flexibility index (Phi) is 8.55. The van der Waals surface area contributed by atoms with E-state index in [2.05, 4.69) is 211 Å². The van der Waals surface area contributed by atoms with Crippen LogP contribution in [0.1, 0.15) is 0 Å². The van der Waals surface area contributed by atoms with E-state index < -0.39 is 0 Å². The van der Waals surface area contributed by atoms with Crippen LogP contribution in [0.2, 0.25) is 0 Å². The van der Waals surface area contributed by atoms with Crippen molar-refractivity contribution < 1.29 is 13.3 Å². The monoisotopic (exact) mass is 869 g/mol. The van der Waals surface area contributed by atoms with Crippen molar-refractivity contribution in [2.45, 2.75) is 0 Å². The van der Waals surface area contributed by atoms with Gasteiger partial charge in [-0.3, -0.25) is 0 Å². The van der Waals surface area contributed by atoms with Gasteiger partial charge in [0.25, 0.3) is 0 Å². The minimum atomic E-state index is 0.847. The summed E-state index contributed by atoms with van der Waals surface area (Å²) in [6, 6.07) is 83.9. The first-order valence-corrected chi connectivity index (χ1v) is 23.1. The van der Waals surface area contributed by atoms with Crippen LogP contribution in [0.4, 0.5) is 17.1 Å². The van der Waals surface area contributed by atoms with Gasteiger partial charge in [-0.15, -0.1) is 0 Å². The maximum Gasteiger partial charge on any atom is 0.145 e. The Hall–Kier alpha value is -9.12. The zero-order chi connectivity index (χ0) is 44.7. The van der Waals surface area contributed by atoms with Crippen molar-refractivity contribution in [3.05, 3.63) is 237 Å². The lowest BCUT2D eigenvalue weighted by molar-refractivity contribution is 0.669. The van der Waals surface area contributed by atoms with Crippen LogP contribution in [0.5, 0.6) is 0 Å². The largest absolute Gasteiger partial charge is 0.455 e. The third-order valence-electron chi connectivity index (χ3n) is 13.7. The lowest BCUT2D eigenvalue weighted by Gasteiger charge is -2.27. The zero-order valence-electron chi connectivity index (χ0n) is 36.7. The zero-order valence-corrected chi connectivity index (χ0v) is 36.7. The molecule has 0 N–H and O–H groups in total. The second-order valence-electron chi connectivity index (χ2n) is 17.5. The fourth-order valence-corrected chi connectivity index (χ4v) is 10.5. The highest BCUT2D eigenvalue weighted by Crippen LogP contribution is 2.48. The summed E-state index contributed by atoms with van der Waals surface area (Å²) in [5, 5.41) is 8.97. The summed E-state index contributed by atoms with van der Waals surface area (Å²) < 4.78 is 19.9. The highest BCUT2D eigenvalue weighted by Gasteiger charge is 2.24. The minimum absolute atomic E-state index is 0.847. The fraction of sp³-hybridized carbons (Fsp3) is 0. The van der Waals surface area contributed by atoms with Gasteiger partial charge in [0.05, 0.1) is 11.1 Å². The fourth-order valence-electron chi connectivity index (χ4n) is 10.5. The topological polar surface area (TPSA) is 42.7 Å². The van der Waals surface area contributed by atoms with Crippen LogP contribution in [-0.2, 0) is 0 Å².